The molecule has 1 spiro atoms. The van der Waals surface area contributed by atoms with Gasteiger partial charge in [0, 0.05) is 56.9 Å². The van der Waals surface area contributed by atoms with Crippen LogP contribution in [0.1, 0.15) is 79.9 Å². The SMILES string of the molecule is CCC1=C[C@@H]2[C@](C)([C@@H](OC(C)=O)c3ccoc3)[C@@H](OC(C)=O)[C@@H](OC(C)=O)[C@@]34OC(=O)O[C@@]23[C@H](O1)[C@@]1(O)[C@@H](O)[C@]2(C)C[C@@]1(O)[C@@]4(C)[C@H]2[C@@H](OC(C)=O)C(=O)OC. The van der Waals surface area contributed by atoms with Gasteiger partial charge < -0.3 is 57.6 Å². The smallest absolute Gasteiger partial charge is 0.487 e. The van der Waals surface area contributed by atoms with E-state index in [9.17, 15) is 44.1 Å². The van der Waals surface area contributed by atoms with Crippen molar-refractivity contribution in [1.29, 1.82) is 0 Å². The predicted octanol–water partition coefficient (Wildman–Crippen LogP) is 1.71. The number of carbonyl (C=O) groups is 6. The molecule has 4 saturated carbocycles. The van der Waals surface area contributed by atoms with E-state index in [2.05, 4.69) is 0 Å². The summed E-state index contributed by atoms with van der Waals surface area (Å²) in [6, 6.07) is 1.48. The molecule has 2 aliphatic heterocycles. The molecule has 18 heteroatoms. The summed E-state index contributed by atoms with van der Waals surface area (Å²) >= 11 is 0. The van der Waals surface area contributed by atoms with Crippen LogP contribution in [0.4, 0.5) is 4.79 Å². The van der Waals surface area contributed by atoms with Crippen LogP contribution in [-0.4, -0.2) is 111 Å². The van der Waals surface area contributed by atoms with Crippen LogP contribution >= 0.6 is 0 Å². The molecule has 56 heavy (non-hydrogen) atoms. The number of furan rings is 1. The molecule has 4 aliphatic carbocycles. The quantitative estimate of drug-likeness (QED) is 0.238. The summed E-state index contributed by atoms with van der Waals surface area (Å²) in [5.74, 6) is -7.82. The van der Waals surface area contributed by atoms with Crippen LogP contribution in [0, 0.1) is 28.1 Å². The summed E-state index contributed by atoms with van der Waals surface area (Å²) < 4.78 is 53.8. The molecule has 3 N–H and O–H groups in total. The first kappa shape index (κ1) is 39.6. The van der Waals surface area contributed by atoms with Crippen molar-refractivity contribution in [3.8, 4) is 0 Å². The third kappa shape index (κ3) is 4.26. The van der Waals surface area contributed by atoms with E-state index in [-0.39, 0.29) is 17.7 Å². The average molecular weight is 791 g/mol. The van der Waals surface area contributed by atoms with Crippen molar-refractivity contribution in [3.05, 3.63) is 36.0 Å². The topological polar surface area (TPSA) is 250 Å². The van der Waals surface area contributed by atoms with E-state index in [1.165, 1.54) is 45.4 Å². The standard InChI is InChI=1S/C38H46O18/c1-10-21-13-22-33(7,25(51-17(3)40)20-11-12-49-14-20)26(52-18(4)41)27(53-19(5)42)38-34(8)24(23(28(43)48-9)50-16(2)39)32(6)15-35(34,46)36(47,29(32)44)30(54-21)37(22,38)55-31(45)56-38/h11-14,22-27,29-30,44,46-47H,10,15H2,1-9H3/t22-,23-,24+,25+,26+,27-,29+,30-,32-,33-,34-,35-,36+,37-,38+/m1/s1. The minimum atomic E-state index is -2.81. The van der Waals surface area contributed by atoms with Crippen molar-refractivity contribution in [2.45, 2.75) is 127 Å². The lowest BCUT2D eigenvalue weighted by Gasteiger charge is -2.76. The minimum Gasteiger partial charge on any atom is -0.487 e. The van der Waals surface area contributed by atoms with E-state index < -0.39 is 130 Å². The number of hydrogen-bond donors (Lipinski definition) is 3. The molecule has 0 aromatic carbocycles. The highest BCUT2D eigenvalue weighted by molar-refractivity contribution is 5.80. The largest absolute Gasteiger partial charge is 0.510 e. The zero-order valence-corrected chi connectivity index (χ0v) is 32.3. The molecule has 0 amide bonds. The maximum atomic E-state index is 14.3. The van der Waals surface area contributed by atoms with Gasteiger partial charge in [0.25, 0.3) is 0 Å². The summed E-state index contributed by atoms with van der Waals surface area (Å²) in [5, 5.41) is 39.4. The third-order valence-corrected chi connectivity index (χ3v) is 13.9. The van der Waals surface area contributed by atoms with Crippen LogP contribution in [0.5, 0.6) is 0 Å². The van der Waals surface area contributed by atoms with Crippen LogP contribution in [0.25, 0.3) is 0 Å². The van der Waals surface area contributed by atoms with Crippen molar-refractivity contribution >= 4 is 36.0 Å². The van der Waals surface area contributed by atoms with E-state index in [0.717, 1.165) is 34.8 Å². The summed E-state index contributed by atoms with van der Waals surface area (Å²) in [6.45, 7) is 10.2. The van der Waals surface area contributed by atoms with Crippen LogP contribution < -0.4 is 0 Å². The zero-order valence-electron chi connectivity index (χ0n) is 32.3. The average Bonchev–Trinajstić information content (AvgIpc) is 3.83. The molecule has 18 nitrogen and oxygen atoms in total. The van der Waals surface area contributed by atoms with E-state index in [1.807, 2.05) is 0 Å². The Morgan fingerprint density at radius 1 is 0.929 bits per heavy atom. The van der Waals surface area contributed by atoms with Gasteiger partial charge in [-0.15, -0.1) is 0 Å². The molecule has 1 aromatic heterocycles. The number of methoxy groups -OCH3 is 1. The number of aliphatic hydroxyl groups excluding tert-OH is 1. The Bertz CT molecular complexity index is 1920. The summed E-state index contributed by atoms with van der Waals surface area (Å²) in [7, 11) is 1.02. The number of hydrogen-bond acceptors (Lipinski definition) is 18. The molecule has 6 aliphatic rings. The molecule has 15 atom stereocenters. The Hall–Kier alpha value is -4.68. The lowest BCUT2D eigenvalue weighted by Crippen LogP contribution is -2.97. The van der Waals surface area contributed by atoms with Crippen LogP contribution in [-0.2, 0) is 61.9 Å². The van der Waals surface area contributed by atoms with Gasteiger partial charge in [-0.25, -0.2) is 9.59 Å². The van der Waals surface area contributed by atoms with Crippen LogP contribution in [0.3, 0.4) is 0 Å². The maximum absolute atomic E-state index is 14.3. The fourth-order valence-corrected chi connectivity index (χ4v) is 12.4. The molecule has 3 heterocycles. The van der Waals surface area contributed by atoms with E-state index >= 15 is 0 Å². The van der Waals surface area contributed by atoms with Gasteiger partial charge in [0.1, 0.15) is 11.7 Å². The van der Waals surface area contributed by atoms with Gasteiger partial charge in [-0.05, 0) is 18.6 Å². The molecular formula is C38H46O18. The van der Waals surface area contributed by atoms with E-state index in [1.54, 1.807) is 6.92 Å². The Labute approximate surface area is 320 Å². The molecule has 306 valence electrons. The van der Waals surface area contributed by atoms with Crippen molar-refractivity contribution < 1.29 is 86.4 Å². The number of allylic oxidation sites excluding steroid dienone is 1. The molecule has 5 fully saturated rings. The number of carbonyl (C=O) groups excluding carboxylic acids is 6. The molecule has 2 bridgehead atoms. The Morgan fingerprint density at radius 2 is 1.55 bits per heavy atom. The van der Waals surface area contributed by atoms with Gasteiger partial charge in [-0.2, -0.15) is 0 Å². The van der Waals surface area contributed by atoms with Crippen molar-refractivity contribution in [2.75, 3.05) is 7.11 Å². The van der Waals surface area contributed by atoms with Gasteiger partial charge in [-0.3, -0.25) is 19.2 Å². The fourth-order valence-electron chi connectivity index (χ4n) is 12.4. The molecule has 1 saturated heterocycles. The summed E-state index contributed by atoms with van der Waals surface area (Å²) in [6.07, 6.45) is -9.02. The number of ether oxygens (including phenoxy) is 8. The zero-order chi connectivity index (χ0) is 41.3. The first-order valence-electron chi connectivity index (χ1n) is 18.2. The Balaban J connectivity index is 1.70. The van der Waals surface area contributed by atoms with Gasteiger partial charge >= 0.3 is 36.0 Å². The van der Waals surface area contributed by atoms with E-state index in [0.29, 0.717) is 0 Å². The normalized spacial score (nSPS) is 44.6. The first-order valence-corrected chi connectivity index (χ1v) is 18.2. The molecule has 0 radical (unpaired) electrons. The highest BCUT2D eigenvalue weighted by Crippen LogP contribution is 2.86. The van der Waals surface area contributed by atoms with Gasteiger partial charge in [-0.1, -0.05) is 27.7 Å². The summed E-state index contributed by atoms with van der Waals surface area (Å²) in [4.78, 5) is 80.7. The number of aliphatic hydroxyl groups is 3. The van der Waals surface area contributed by atoms with Crippen LogP contribution in [0.2, 0.25) is 0 Å². The van der Waals surface area contributed by atoms with Crippen molar-refractivity contribution in [2.24, 2.45) is 28.1 Å². The molecule has 7 rings (SSSR count). The lowest BCUT2D eigenvalue weighted by atomic mass is 9.32. The van der Waals surface area contributed by atoms with Gasteiger partial charge in [0.2, 0.25) is 17.3 Å². The molecule has 1 aromatic rings. The summed E-state index contributed by atoms with van der Waals surface area (Å²) in [5.41, 5.74) is -16.5. The van der Waals surface area contributed by atoms with E-state index in [4.69, 9.17) is 42.3 Å². The highest BCUT2D eigenvalue weighted by atomic mass is 16.8. The second-order valence-corrected chi connectivity index (χ2v) is 16.4. The van der Waals surface area contributed by atoms with Crippen molar-refractivity contribution in [1.82, 2.24) is 0 Å². The number of fused-ring (bicyclic) bond motifs is 2. The maximum Gasteiger partial charge on any atom is 0.510 e. The fraction of sp³-hybridized carbons (Fsp3) is 0.684. The number of esters is 5. The second kappa shape index (κ2) is 12.2. The predicted molar refractivity (Wildman–Crippen MR) is 180 cm³/mol. The van der Waals surface area contributed by atoms with Gasteiger partial charge in [0.05, 0.1) is 42.3 Å². The van der Waals surface area contributed by atoms with Crippen LogP contribution in [0.15, 0.2) is 34.8 Å². The Kier molecular flexibility index (Phi) is 8.59. The third-order valence-electron chi connectivity index (χ3n) is 13.9. The lowest BCUT2D eigenvalue weighted by molar-refractivity contribution is -0.438. The minimum absolute atomic E-state index is 0.120. The monoisotopic (exact) mass is 790 g/mol. The Morgan fingerprint density at radius 3 is 2.09 bits per heavy atom. The number of rotatable bonds is 9. The molecule has 0 unspecified atom stereocenters. The van der Waals surface area contributed by atoms with Gasteiger partial charge in [0.15, 0.2) is 23.9 Å². The highest BCUT2D eigenvalue weighted by Gasteiger charge is 3.04. The van der Waals surface area contributed by atoms with Crippen molar-refractivity contribution in [3.63, 3.8) is 0 Å². The molecular weight excluding hydrogens is 744 g/mol. The first-order chi connectivity index (χ1) is 26.0. The second-order valence-electron chi connectivity index (χ2n) is 16.4.